The zero-order valence-corrected chi connectivity index (χ0v) is 16.7. The average molecular weight is 386 g/mol. The second kappa shape index (κ2) is 8.93. The third-order valence-electron chi connectivity index (χ3n) is 5.41. The summed E-state index contributed by atoms with van der Waals surface area (Å²) < 4.78 is 5.41. The Morgan fingerprint density at radius 3 is 2.24 bits per heavy atom. The molecule has 4 nitrogen and oxygen atoms in total. The van der Waals surface area contributed by atoms with Gasteiger partial charge in [-0.25, -0.2) is 0 Å². The van der Waals surface area contributed by atoms with Crippen molar-refractivity contribution in [3.63, 3.8) is 0 Å². The number of nitrogens with one attached hydrogen (secondary N) is 1. The van der Waals surface area contributed by atoms with Crippen molar-refractivity contribution < 1.29 is 9.53 Å². The van der Waals surface area contributed by atoms with Gasteiger partial charge in [0.15, 0.2) is 0 Å². The maximum Gasteiger partial charge on any atom is 0.252 e. The monoisotopic (exact) mass is 386 g/mol. The molecule has 4 heteroatoms. The Balaban J connectivity index is 1.56. The van der Waals surface area contributed by atoms with E-state index in [0.717, 1.165) is 48.7 Å². The van der Waals surface area contributed by atoms with Gasteiger partial charge in [-0.2, -0.15) is 0 Å². The smallest absolute Gasteiger partial charge is 0.252 e. The molecule has 4 rings (SSSR count). The molecule has 1 N–H and O–H groups in total. The Kier molecular flexibility index (Phi) is 5.92. The first-order chi connectivity index (χ1) is 14.2. The highest BCUT2D eigenvalue weighted by Crippen LogP contribution is 2.25. The average Bonchev–Trinajstić information content (AvgIpc) is 2.79. The van der Waals surface area contributed by atoms with Crippen molar-refractivity contribution >= 4 is 11.6 Å². The SMILES string of the molecule is Cc1ccccc1[C@H](NC(=O)c1ccc(N2CCOCC2)cc1)c1ccccc1. The van der Waals surface area contributed by atoms with Crippen LogP contribution in [-0.4, -0.2) is 32.2 Å². The molecule has 0 radical (unpaired) electrons. The Labute approximate surface area is 172 Å². The molecule has 1 heterocycles. The topological polar surface area (TPSA) is 41.6 Å². The highest BCUT2D eigenvalue weighted by molar-refractivity contribution is 5.95. The van der Waals surface area contributed by atoms with Crippen LogP contribution in [0.15, 0.2) is 78.9 Å². The summed E-state index contributed by atoms with van der Waals surface area (Å²) in [5.74, 6) is -0.0735. The van der Waals surface area contributed by atoms with E-state index in [0.29, 0.717) is 5.56 Å². The number of hydrogen-bond acceptors (Lipinski definition) is 3. The molecule has 1 atom stereocenters. The van der Waals surface area contributed by atoms with Crippen molar-refractivity contribution in [1.29, 1.82) is 0 Å². The second-order valence-corrected chi connectivity index (χ2v) is 7.32. The van der Waals surface area contributed by atoms with Crippen molar-refractivity contribution in [2.45, 2.75) is 13.0 Å². The van der Waals surface area contributed by atoms with Gasteiger partial charge in [0.1, 0.15) is 0 Å². The minimum absolute atomic E-state index is 0.0735. The van der Waals surface area contributed by atoms with Crippen LogP contribution in [0.3, 0.4) is 0 Å². The zero-order valence-electron chi connectivity index (χ0n) is 16.7. The first kappa shape index (κ1) is 19.2. The molecule has 0 spiro atoms. The van der Waals surface area contributed by atoms with Crippen molar-refractivity contribution in [3.05, 3.63) is 101 Å². The Morgan fingerprint density at radius 2 is 1.55 bits per heavy atom. The summed E-state index contributed by atoms with van der Waals surface area (Å²) in [4.78, 5) is 15.3. The Bertz CT molecular complexity index is 948. The van der Waals surface area contributed by atoms with E-state index < -0.39 is 0 Å². The Hall–Kier alpha value is -3.11. The van der Waals surface area contributed by atoms with Crippen molar-refractivity contribution in [2.75, 3.05) is 31.2 Å². The molecule has 1 aliphatic rings. The summed E-state index contributed by atoms with van der Waals surface area (Å²) >= 11 is 0. The zero-order chi connectivity index (χ0) is 20.1. The summed E-state index contributed by atoms with van der Waals surface area (Å²) in [5.41, 5.74) is 5.13. The van der Waals surface area contributed by atoms with Crippen molar-refractivity contribution in [2.24, 2.45) is 0 Å². The molecule has 1 amide bonds. The third kappa shape index (κ3) is 4.49. The quantitative estimate of drug-likeness (QED) is 0.709. The van der Waals surface area contributed by atoms with Crippen LogP contribution in [0.2, 0.25) is 0 Å². The summed E-state index contributed by atoms with van der Waals surface area (Å²) in [6.45, 7) is 5.34. The number of ether oxygens (including phenoxy) is 1. The highest BCUT2D eigenvalue weighted by atomic mass is 16.5. The standard InChI is InChI=1S/C25H26N2O2/c1-19-7-5-6-10-23(19)24(20-8-3-2-4-9-20)26-25(28)21-11-13-22(14-12-21)27-15-17-29-18-16-27/h2-14,24H,15-18H2,1H3,(H,26,28)/t24-/m1/s1. The highest BCUT2D eigenvalue weighted by Gasteiger charge is 2.19. The first-order valence-corrected chi connectivity index (χ1v) is 10.1. The molecule has 3 aromatic rings. The van der Waals surface area contributed by atoms with E-state index in [2.05, 4.69) is 41.4 Å². The molecule has 3 aromatic carbocycles. The van der Waals surface area contributed by atoms with Gasteiger partial charge in [-0.05, 0) is 47.9 Å². The van der Waals surface area contributed by atoms with E-state index in [1.165, 1.54) is 0 Å². The number of anilines is 1. The van der Waals surface area contributed by atoms with Crippen LogP contribution in [0.5, 0.6) is 0 Å². The van der Waals surface area contributed by atoms with Crippen LogP contribution < -0.4 is 10.2 Å². The number of nitrogens with zero attached hydrogens (tertiary/aromatic N) is 1. The first-order valence-electron chi connectivity index (χ1n) is 10.1. The van der Waals surface area contributed by atoms with Gasteiger partial charge in [0, 0.05) is 24.3 Å². The fourth-order valence-corrected chi connectivity index (χ4v) is 3.76. The van der Waals surface area contributed by atoms with E-state index in [-0.39, 0.29) is 11.9 Å². The molecule has 1 aliphatic heterocycles. The maximum absolute atomic E-state index is 13.1. The number of benzene rings is 3. The fourth-order valence-electron chi connectivity index (χ4n) is 3.76. The summed E-state index contributed by atoms with van der Waals surface area (Å²) in [5, 5.41) is 3.23. The largest absolute Gasteiger partial charge is 0.378 e. The van der Waals surface area contributed by atoms with E-state index >= 15 is 0 Å². The third-order valence-corrected chi connectivity index (χ3v) is 5.41. The lowest BCUT2D eigenvalue weighted by molar-refractivity contribution is 0.0943. The minimum Gasteiger partial charge on any atom is -0.378 e. The van der Waals surface area contributed by atoms with Crippen LogP contribution in [-0.2, 0) is 4.74 Å². The summed E-state index contributed by atoms with van der Waals surface area (Å²) in [7, 11) is 0. The van der Waals surface area contributed by atoms with Crippen LogP contribution in [0.4, 0.5) is 5.69 Å². The molecule has 0 bridgehead atoms. The van der Waals surface area contributed by atoms with Crippen molar-refractivity contribution in [1.82, 2.24) is 5.32 Å². The van der Waals surface area contributed by atoms with Crippen LogP contribution in [0.1, 0.15) is 33.1 Å². The number of amides is 1. The predicted octanol–water partition coefficient (Wildman–Crippen LogP) is 4.35. The number of hydrogen-bond donors (Lipinski definition) is 1. The van der Waals surface area contributed by atoms with Gasteiger partial charge in [-0.1, -0.05) is 54.6 Å². The van der Waals surface area contributed by atoms with Gasteiger partial charge in [-0.15, -0.1) is 0 Å². The summed E-state index contributed by atoms with van der Waals surface area (Å²) in [6, 6.07) is 26.0. The molecule has 1 saturated heterocycles. The van der Waals surface area contributed by atoms with Gasteiger partial charge in [0.2, 0.25) is 0 Å². The normalized spacial score (nSPS) is 15.0. The molecule has 29 heavy (non-hydrogen) atoms. The number of carbonyl (C=O) groups is 1. The fraction of sp³-hybridized carbons (Fsp3) is 0.240. The maximum atomic E-state index is 13.1. The molecule has 0 unspecified atom stereocenters. The molecule has 148 valence electrons. The van der Waals surface area contributed by atoms with E-state index in [1.807, 2.05) is 54.6 Å². The predicted molar refractivity (Wildman–Crippen MR) is 116 cm³/mol. The van der Waals surface area contributed by atoms with Crippen LogP contribution >= 0.6 is 0 Å². The number of carbonyl (C=O) groups excluding carboxylic acids is 1. The van der Waals surface area contributed by atoms with Gasteiger partial charge < -0.3 is 15.0 Å². The van der Waals surface area contributed by atoms with Crippen LogP contribution in [0, 0.1) is 6.92 Å². The molecule has 0 aliphatic carbocycles. The van der Waals surface area contributed by atoms with E-state index in [4.69, 9.17) is 4.74 Å². The molecule has 1 fully saturated rings. The number of aryl methyl sites for hydroxylation is 1. The van der Waals surface area contributed by atoms with Gasteiger partial charge in [0.25, 0.3) is 5.91 Å². The van der Waals surface area contributed by atoms with Crippen molar-refractivity contribution in [3.8, 4) is 0 Å². The summed E-state index contributed by atoms with van der Waals surface area (Å²) in [6.07, 6.45) is 0. The van der Waals surface area contributed by atoms with E-state index in [9.17, 15) is 4.79 Å². The second-order valence-electron chi connectivity index (χ2n) is 7.32. The molecular weight excluding hydrogens is 360 g/mol. The molecule has 0 aromatic heterocycles. The van der Waals surface area contributed by atoms with E-state index in [1.54, 1.807) is 0 Å². The number of morpholine rings is 1. The Morgan fingerprint density at radius 1 is 0.897 bits per heavy atom. The number of rotatable bonds is 5. The lowest BCUT2D eigenvalue weighted by Crippen LogP contribution is -2.36. The molecular formula is C25H26N2O2. The lowest BCUT2D eigenvalue weighted by atomic mass is 9.94. The minimum atomic E-state index is -0.191. The van der Waals surface area contributed by atoms with Gasteiger partial charge in [0.05, 0.1) is 19.3 Å². The van der Waals surface area contributed by atoms with Gasteiger partial charge >= 0.3 is 0 Å². The molecule has 0 saturated carbocycles. The van der Waals surface area contributed by atoms with Gasteiger partial charge in [-0.3, -0.25) is 4.79 Å². The van der Waals surface area contributed by atoms with Crippen LogP contribution in [0.25, 0.3) is 0 Å². The lowest BCUT2D eigenvalue weighted by Gasteiger charge is -2.29.